The summed E-state index contributed by atoms with van der Waals surface area (Å²) in [5.41, 5.74) is 1.39. The van der Waals surface area contributed by atoms with Crippen LogP contribution in [0.25, 0.3) is 0 Å². The molecule has 1 aliphatic rings. The molecule has 0 radical (unpaired) electrons. The highest BCUT2D eigenvalue weighted by atomic mass is 32.1. The Balaban J connectivity index is 1.94. The summed E-state index contributed by atoms with van der Waals surface area (Å²) in [7, 11) is 2.23. The summed E-state index contributed by atoms with van der Waals surface area (Å²) in [6.07, 6.45) is 2.52. The zero-order valence-electron chi connectivity index (χ0n) is 12.0. The Kier molecular flexibility index (Phi) is 4.41. The summed E-state index contributed by atoms with van der Waals surface area (Å²) in [6.45, 7) is 9.97. The second-order valence-corrected chi connectivity index (χ2v) is 7.22. The average molecular weight is 267 g/mol. The van der Waals surface area contributed by atoms with Gasteiger partial charge in [-0.2, -0.15) is 0 Å². The van der Waals surface area contributed by atoms with Crippen LogP contribution in [-0.4, -0.2) is 36.1 Å². The van der Waals surface area contributed by atoms with Gasteiger partial charge in [-0.3, -0.25) is 4.90 Å². The third-order valence-electron chi connectivity index (χ3n) is 3.64. The highest BCUT2D eigenvalue weighted by Crippen LogP contribution is 2.25. The van der Waals surface area contributed by atoms with Crippen LogP contribution in [0.15, 0.2) is 5.38 Å². The van der Waals surface area contributed by atoms with Crippen molar-refractivity contribution < 1.29 is 0 Å². The van der Waals surface area contributed by atoms with Crippen molar-refractivity contribution in [1.29, 1.82) is 0 Å². The van der Waals surface area contributed by atoms with Crippen molar-refractivity contribution >= 4 is 11.3 Å². The molecule has 0 bridgehead atoms. The predicted octanol–water partition coefficient (Wildman–Crippen LogP) is 2.62. The van der Waals surface area contributed by atoms with Crippen LogP contribution in [0.5, 0.6) is 0 Å². The Morgan fingerprint density at radius 2 is 2.06 bits per heavy atom. The molecular weight excluding hydrogens is 242 g/mol. The van der Waals surface area contributed by atoms with Crippen molar-refractivity contribution in [3.8, 4) is 0 Å². The Morgan fingerprint density at radius 1 is 1.39 bits per heavy atom. The fourth-order valence-electron chi connectivity index (χ4n) is 2.32. The Labute approximate surface area is 115 Å². The quantitative estimate of drug-likeness (QED) is 0.912. The fourth-order valence-corrected chi connectivity index (χ4v) is 3.40. The number of rotatable bonds is 3. The smallest absolute Gasteiger partial charge is 0.107 e. The molecule has 1 aliphatic heterocycles. The Morgan fingerprint density at radius 3 is 2.61 bits per heavy atom. The van der Waals surface area contributed by atoms with Gasteiger partial charge in [-0.25, -0.2) is 4.98 Å². The number of aromatic nitrogens is 1. The maximum Gasteiger partial charge on any atom is 0.107 e. The molecule has 0 aromatic carbocycles. The Hall–Kier alpha value is -0.450. The summed E-state index contributed by atoms with van der Waals surface area (Å²) < 4.78 is 0. The second-order valence-electron chi connectivity index (χ2n) is 6.27. The lowest BCUT2D eigenvalue weighted by atomic mass is 9.93. The minimum atomic E-state index is 0.169. The lowest BCUT2D eigenvalue weighted by Gasteiger charge is -2.30. The molecule has 1 aromatic heterocycles. The largest absolute Gasteiger partial charge is 0.317 e. The van der Waals surface area contributed by atoms with Crippen LogP contribution in [-0.2, 0) is 12.0 Å². The maximum atomic E-state index is 4.78. The molecule has 18 heavy (non-hydrogen) atoms. The van der Waals surface area contributed by atoms with Crippen LogP contribution in [0, 0.1) is 0 Å². The third kappa shape index (κ3) is 3.53. The van der Waals surface area contributed by atoms with Crippen LogP contribution < -0.4 is 5.32 Å². The summed E-state index contributed by atoms with van der Waals surface area (Å²) >= 11 is 1.80. The van der Waals surface area contributed by atoms with Gasteiger partial charge < -0.3 is 5.32 Å². The molecule has 1 fully saturated rings. The first kappa shape index (κ1) is 14.0. The van der Waals surface area contributed by atoms with Gasteiger partial charge in [0.2, 0.25) is 0 Å². The molecule has 2 heterocycles. The van der Waals surface area contributed by atoms with Crippen LogP contribution in [0.2, 0.25) is 0 Å². The summed E-state index contributed by atoms with van der Waals surface area (Å²) in [6, 6.07) is 0.716. The van der Waals surface area contributed by atoms with E-state index in [1.54, 1.807) is 11.3 Å². The van der Waals surface area contributed by atoms with Gasteiger partial charge in [0.15, 0.2) is 0 Å². The Bertz CT molecular complexity index is 375. The minimum absolute atomic E-state index is 0.169. The van der Waals surface area contributed by atoms with E-state index in [-0.39, 0.29) is 5.41 Å². The number of nitrogens with one attached hydrogen (secondary N) is 1. The van der Waals surface area contributed by atoms with E-state index in [0.717, 1.165) is 19.6 Å². The van der Waals surface area contributed by atoms with Gasteiger partial charge in [-0.05, 0) is 33.0 Å². The van der Waals surface area contributed by atoms with E-state index in [4.69, 9.17) is 4.98 Å². The number of thiazole rings is 1. The fraction of sp³-hybridized carbons (Fsp3) is 0.786. The van der Waals surface area contributed by atoms with E-state index in [0.29, 0.717) is 6.04 Å². The lowest BCUT2D eigenvalue weighted by molar-refractivity contribution is 0.191. The van der Waals surface area contributed by atoms with Gasteiger partial charge in [-0.15, -0.1) is 11.3 Å². The molecular formula is C14H25N3S. The minimum Gasteiger partial charge on any atom is -0.317 e. The molecule has 2 rings (SSSR count). The van der Waals surface area contributed by atoms with Crippen molar-refractivity contribution in [3.05, 3.63) is 16.1 Å². The molecule has 0 aliphatic carbocycles. The van der Waals surface area contributed by atoms with Crippen molar-refractivity contribution in [1.82, 2.24) is 15.2 Å². The molecule has 0 unspecified atom stereocenters. The highest BCUT2D eigenvalue weighted by Gasteiger charge is 2.21. The van der Waals surface area contributed by atoms with E-state index >= 15 is 0 Å². The summed E-state index contributed by atoms with van der Waals surface area (Å²) in [5.74, 6) is 0. The molecule has 1 aromatic rings. The topological polar surface area (TPSA) is 28.2 Å². The molecule has 0 amide bonds. The summed E-state index contributed by atoms with van der Waals surface area (Å²) in [5, 5.41) is 6.88. The molecule has 1 N–H and O–H groups in total. The van der Waals surface area contributed by atoms with Crippen LogP contribution in [0.1, 0.15) is 44.3 Å². The van der Waals surface area contributed by atoms with E-state index in [1.165, 1.54) is 23.5 Å². The maximum absolute atomic E-state index is 4.78. The molecule has 0 saturated carbocycles. The van der Waals surface area contributed by atoms with Crippen molar-refractivity contribution in [2.24, 2.45) is 0 Å². The zero-order valence-corrected chi connectivity index (χ0v) is 12.8. The first-order valence-corrected chi connectivity index (χ1v) is 7.70. The first-order chi connectivity index (χ1) is 8.47. The molecule has 1 saturated heterocycles. The van der Waals surface area contributed by atoms with Gasteiger partial charge in [0.1, 0.15) is 5.01 Å². The van der Waals surface area contributed by atoms with Crippen molar-refractivity contribution in [3.63, 3.8) is 0 Å². The number of nitrogens with zero attached hydrogens (tertiary/aromatic N) is 2. The van der Waals surface area contributed by atoms with Gasteiger partial charge in [0.05, 0.1) is 12.2 Å². The molecule has 102 valence electrons. The molecule has 0 atom stereocenters. The van der Waals surface area contributed by atoms with E-state index < -0.39 is 0 Å². The van der Waals surface area contributed by atoms with Gasteiger partial charge >= 0.3 is 0 Å². The van der Waals surface area contributed by atoms with Gasteiger partial charge in [-0.1, -0.05) is 20.8 Å². The normalized spacial score (nSPS) is 18.5. The molecule has 4 heteroatoms. The lowest BCUT2D eigenvalue weighted by Crippen LogP contribution is -2.40. The van der Waals surface area contributed by atoms with E-state index in [9.17, 15) is 0 Å². The second kappa shape index (κ2) is 5.68. The van der Waals surface area contributed by atoms with Crippen LogP contribution in [0.4, 0.5) is 0 Å². The molecule has 3 nitrogen and oxygen atoms in total. The SMILES string of the molecule is CN(Cc1nc(C(C)(C)C)cs1)C1CCNCC1. The number of hydrogen-bond donors (Lipinski definition) is 1. The van der Waals surface area contributed by atoms with Crippen molar-refractivity contribution in [2.75, 3.05) is 20.1 Å². The molecule has 0 spiro atoms. The first-order valence-electron chi connectivity index (χ1n) is 6.82. The third-order valence-corrected chi connectivity index (χ3v) is 4.47. The number of piperidine rings is 1. The van der Waals surface area contributed by atoms with Crippen LogP contribution >= 0.6 is 11.3 Å². The standard InChI is InChI=1S/C14H25N3S/c1-14(2,3)12-10-18-13(16-12)9-17(4)11-5-7-15-8-6-11/h10-11,15H,5-9H2,1-4H3. The average Bonchev–Trinajstić information content (AvgIpc) is 2.78. The van der Waals surface area contributed by atoms with Crippen molar-refractivity contribution in [2.45, 2.75) is 51.6 Å². The van der Waals surface area contributed by atoms with Crippen LogP contribution in [0.3, 0.4) is 0 Å². The van der Waals surface area contributed by atoms with Gasteiger partial charge in [0.25, 0.3) is 0 Å². The zero-order chi connectivity index (χ0) is 13.2. The van der Waals surface area contributed by atoms with E-state index in [2.05, 4.69) is 43.4 Å². The highest BCUT2D eigenvalue weighted by molar-refractivity contribution is 7.09. The number of hydrogen-bond acceptors (Lipinski definition) is 4. The predicted molar refractivity (Wildman–Crippen MR) is 78.2 cm³/mol. The van der Waals surface area contributed by atoms with Gasteiger partial charge in [0, 0.05) is 16.8 Å². The monoisotopic (exact) mass is 267 g/mol. The van der Waals surface area contributed by atoms with E-state index in [1.807, 2.05) is 0 Å². The summed E-state index contributed by atoms with van der Waals surface area (Å²) in [4.78, 5) is 7.24.